The monoisotopic (exact) mass is 171 g/mol. The first kappa shape index (κ1) is 8.34. The summed E-state index contributed by atoms with van der Waals surface area (Å²) >= 11 is 5.55. The van der Waals surface area contributed by atoms with Gasteiger partial charge in [-0.15, -0.1) is 11.6 Å². The Morgan fingerprint density at radius 2 is 2.36 bits per heavy atom. The minimum absolute atomic E-state index is 0.633. The van der Waals surface area contributed by atoms with E-state index in [4.69, 9.17) is 16.3 Å². The number of aromatic nitrogens is 1. The van der Waals surface area contributed by atoms with Crippen LogP contribution in [0, 0.1) is 0 Å². The van der Waals surface area contributed by atoms with Gasteiger partial charge < -0.3 is 4.74 Å². The quantitative estimate of drug-likeness (QED) is 0.648. The van der Waals surface area contributed by atoms with Gasteiger partial charge in [0.15, 0.2) is 0 Å². The van der Waals surface area contributed by atoms with Crippen molar-refractivity contribution in [1.29, 1.82) is 0 Å². The summed E-state index contributed by atoms with van der Waals surface area (Å²) in [4.78, 5) is 4.03. The zero-order chi connectivity index (χ0) is 8.10. The molecule has 1 rings (SSSR count). The fourth-order valence-electron chi connectivity index (χ4n) is 0.789. The van der Waals surface area contributed by atoms with Crippen LogP contribution in [0.1, 0.15) is 5.56 Å². The third kappa shape index (κ3) is 2.39. The average molecular weight is 172 g/mol. The van der Waals surface area contributed by atoms with E-state index < -0.39 is 0 Å². The van der Waals surface area contributed by atoms with Crippen LogP contribution in [0.5, 0.6) is 5.88 Å². The van der Waals surface area contributed by atoms with Crippen LogP contribution < -0.4 is 4.74 Å². The highest BCUT2D eigenvalue weighted by Gasteiger charge is 1.93. The number of hydrogen-bond acceptors (Lipinski definition) is 2. The highest BCUT2D eigenvalue weighted by Crippen LogP contribution is 2.07. The van der Waals surface area contributed by atoms with Crippen molar-refractivity contribution in [3.8, 4) is 5.88 Å². The number of aryl methyl sites for hydroxylation is 1. The molecule has 0 spiro atoms. The summed E-state index contributed by atoms with van der Waals surface area (Å²) in [5, 5.41) is 0. The maximum Gasteiger partial charge on any atom is 0.212 e. The molecule has 11 heavy (non-hydrogen) atoms. The zero-order valence-corrected chi connectivity index (χ0v) is 7.14. The van der Waals surface area contributed by atoms with Crippen LogP contribution in [0.25, 0.3) is 0 Å². The van der Waals surface area contributed by atoms with E-state index >= 15 is 0 Å². The van der Waals surface area contributed by atoms with Crippen LogP contribution in [-0.4, -0.2) is 18.0 Å². The van der Waals surface area contributed by atoms with E-state index in [9.17, 15) is 0 Å². The first-order valence-corrected chi connectivity index (χ1v) is 3.95. The molecular formula is C8H10ClNO. The van der Waals surface area contributed by atoms with Gasteiger partial charge in [0.2, 0.25) is 5.88 Å². The molecule has 0 aliphatic carbocycles. The maximum atomic E-state index is 5.55. The van der Waals surface area contributed by atoms with Crippen molar-refractivity contribution >= 4 is 11.6 Å². The summed E-state index contributed by atoms with van der Waals surface area (Å²) in [6.45, 7) is 0. The molecule has 0 fully saturated rings. The lowest BCUT2D eigenvalue weighted by Gasteiger charge is -1.99. The van der Waals surface area contributed by atoms with Gasteiger partial charge in [0.25, 0.3) is 0 Å². The summed E-state index contributed by atoms with van der Waals surface area (Å²) < 4.78 is 4.90. The summed E-state index contributed by atoms with van der Waals surface area (Å²) in [5.41, 5.74) is 1.14. The van der Waals surface area contributed by atoms with Crippen molar-refractivity contribution < 1.29 is 4.74 Å². The molecule has 0 unspecified atom stereocenters. The second-order valence-corrected chi connectivity index (χ2v) is 2.53. The molecule has 0 N–H and O–H groups in total. The first-order valence-electron chi connectivity index (χ1n) is 3.41. The molecule has 1 aromatic rings. The van der Waals surface area contributed by atoms with Crippen LogP contribution in [-0.2, 0) is 6.42 Å². The lowest BCUT2D eigenvalue weighted by atomic mass is 10.2. The Bertz CT molecular complexity index is 210. The summed E-state index contributed by atoms with van der Waals surface area (Å²) in [5.74, 6) is 1.27. The number of ether oxygens (including phenoxy) is 1. The largest absolute Gasteiger partial charge is 0.481 e. The van der Waals surface area contributed by atoms with E-state index in [0.29, 0.717) is 11.8 Å². The maximum absolute atomic E-state index is 5.55. The van der Waals surface area contributed by atoms with Gasteiger partial charge in [-0.3, -0.25) is 0 Å². The molecule has 3 heteroatoms. The van der Waals surface area contributed by atoms with Gasteiger partial charge in [-0.2, -0.15) is 0 Å². The molecule has 1 heterocycles. The number of hydrogen-bond donors (Lipinski definition) is 0. The Morgan fingerprint density at radius 1 is 1.55 bits per heavy atom. The van der Waals surface area contributed by atoms with E-state index in [0.717, 1.165) is 12.0 Å². The molecule has 0 radical (unpaired) electrons. The second kappa shape index (κ2) is 4.19. The minimum atomic E-state index is 0.633. The molecule has 60 valence electrons. The molecule has 0 amide bonds. The molecule has 1 aromatic heterocycles. The third-order valence-electron chi connectivity index (χ3n) is 1.39. The smallest absolute Gasteiger partial charge is 0.212 e. The van der Waals surface area contributed by atoms with Crippen molar-refractivity contribution in [1.82, 2.24) is 4.98 Å². The molecule has 0 aliphatic heterocycles. The number of halogens is 1. The number of alkyl halides is 1. The SMILES string of the molecule is COc1ccc(CCCl)cn1. The van der Waals surface area contributed by atoms with Crippen molar-refractivity contribution in [3.63, 3.8) is 0 Å². The Hall–Kier alpha value is -0.760. The molecular weight excluding hydrogens is 162 g/mol. The van der Waals surface area contributed by atoms with Gasteiger partial charge in [0.1, 0.15) is 0 Å². The van der Waals surface area contributed by atoms with Gasteiger partial charge in [0.05, 0.1) is 7.11 Å². The van der Waals surface area contributed by atoms with Crippen LogP contribution in [0.3, 0.4) is 0 Å². The normalized spacial score (nSPS) is 9.64. The highest BCUT2D eigenvalue weighted by molar-refractivity contribution is 6.17. The number of methoxy groups -OCH3 is 1. The molecule has 2 nitrogen and oxygen atoms in total. The molecule has 0 aliphatic rings. The Kier molecular flexibility index (Phi) is 3.17. The molecule has 0 atom stereocenters. The van der Waals surface area contributed by atoms with Gasteiger partial charge in [-0.25, -0.2) is 4.98 Å². The standard InChI is InChI=1S/C8H10ClNO/c1-11-8-3-2-7(4-5-9)6-10-8/h2-3,6H,4-5H2,1H3. The highest BCUT2D eigenvalue weighted by atomic mass is 35.5. The molecule has 0 saturated heterocycles. The van der Waals surface area contributed by atoms with Crippen molar-refractivity contribution in [3.05, 3.63) is 23.9 Å². The number of rotatable bonds is 3. The first-order chi connectivity index (χ1) is 5.36. The Labute approximate surface area is 71.2 Å². The number of nitrogens with zero attached hydrogens (tertiary/aromatic N) is 1. The van der Waals surface area contributed by atoms with Crippen LogP contribution in [0.4, 0.5) is 0 Å². The average Bonchev–Trinajstić information content (AvgIpc) is 2.07. The lowest BCUT2D eigenvalue weighted by Crippen LogP contribution is -1.90. The van der Waals surface area contributed by atoms with Crippen LogP contribution in [0.15, 0.2) is 18.3 Å². The molecule has 0 bridgehead atoms. The molecule has 0 saturated carbocycles. The predicted molar refractivity (Wildman–Crippen MR) is 45.2 cm³/mol. The third-order valence-corrected chi connectivity index (χ3v) is 1.58. The zero-order valence-electron chi connectivity index (χ0n) is 6.38. The summed E-state index contributed by atoms with van der Waals surface area (Å²) in [7, 11) is 1.60. The van der Waals surface area contributed by atoms with Gasteiger partial charge in [-0.1, -0.05) is 6.07 Å². The minimum Gasteiger partial charge on any atom is -0.481 e. The van der Waals surface area contributed by atoms with E-state index in [1.165, 1.54) is 0 Å². The predicted octanol–water partition coefficient (Wildman–Crippen LogP) is 1.87. The van der Waals surface area contributed by atoms with Crippen LogP contribution in [0.2, 0.25) is 0 Å². The Balaban J connectivity index is 2.66. The molecule has 0 aromatic carbocycles. The Morgan fingerprint density at radius 3 is 2.82 bits per heavy atom. The second-order valence-electron chi connectivity index (χ2n) is 2.15. The van der Waals surface area contributed by atoms with E-state index in [-0.39, 0.29) is 0 Å². The fraction of sp³-hybridized carbons (Fsp3) is 0.375. The lowest BCUT2D eigenvalue weighted by molar-refractivity contribution is 0.397. The van der Waals surface area contributed by atoms with Gasteiger partial charge >= 0.3 is 0 Å². The van der Waals surface area contributed by atoms with Crippen molar-refractivity contribution in [2.45, 2.75) is 6.42 Å². The van der Waals surface area contributed by atoms with Crippen LogP contribution >= 0.6 is 11.6 Å². The van der Waals surface area contributed by atoms with E-state index in [1.54, 1.807) is 13.3 Å². The van der Waals surface area contributed by atoms with Gasteiger partial charge in [-0.05, 0) is 12.0 Å². The topological polar surface area (TPSA) is 22.1 Å². The van der Waals surface area contributed by atoms with E-state index in [1.807, 2.05) is 12.1 Å². The van der Waals surface area contributed by atoms with E-state index in [2.05, 4.69) is 4.98 Å². The van der Waals surface area contributed by atoms with Gasteiger partial charge in [0, 0.05) is 18.1 Å². The summed E-state index contributed by atoms with van der Waals surface area (Å²) in [6.07, 6.45) is 2.64. The van der Waals surface area contributed by atoms with Crippen molar-refractivity contribution in [2.24, 2.45) is 0 Å². The summed E-state index contributed by atoms with van der Waals surface area (Å²) in [6, 6.07) is 3.80. The number of pyridine rings is 1. The fourth-order valence-corrected chi connectivity index (χ4v) is 1.01. The van der Waals surface area contributed by atoms with Crippen molar-refractivity contribution in [2.75, 3.05) is 13.0 Å².